The van der Waals surface area contributed by atoms with Gasteiger partial charge in [-0.2, -0.15) is 0 Å². The molecule has 1 amide bonds. The van der Waals surface area contributed by atoms with Crippen LogP contribution in [-0.2, 0) is 11.2 Å². The fourth-order valence-corrected chi connectivity index (χ4v) is 2.12. The van der Waals surface area contributed by atoms with E-state index in [9.17, 15) is 14.7 Å². The Hall–Kier alpha value is -2.63. The van der Waals surface area contributed by atoms with Gasteiger partial charge < -0.3 is 15.4 Å². The zero-order valence-corrected chi connectivity index (χ0v) is 11.9. The molecule has 1 unspecified atom stereocenters. The van der Waals surface area contributed by atoms with Crippen LogP contribution >= 0.6 is 0 Å². The van der Waals surface area contributed by atoms with E-state index in [1.807, 2.05) is 26.0 Å². The number of aromatic amines is 1. The summed E-state index contributed by atoms with van der Waals surface area (Å²) in [6.45, 7) is 3.76. The average Bonchev–Trinajstić information content (AvgIpc) is 2.90. The topological polar surface area (TPSA) is 95.1 Å². The molecule has 0 aliphatic heterocycles. The molecule has 0 saturated heterocycles. The maximum atomic E-state index is 12.2. The molecule has 6 nitrogen and oxygen atoms in total. The van der Waals surface area contributed by atoms with Crippen molar-refractivity contribution in [1.82, 2.24) is 15.3 Å². The molecular weight excluding hydrogens is 270 g/mol. The summed E-state index contributed by atoms with van der Waals surface area (Å²) < 4.78 is 0. The zero-order chi connectivity index (χ0) is 15.4. The van der Waals surface area contributed by atoms with Crippen molar-refractivity contribution in [2.75, 3.05) is 0 Å². The molecule has 2 rings (SSSR count). The molecule has 1 aromatic carbocycles. The lowest BCUT2D eigenvalue weighted by Crippen LogP contribution is -2.42. The van der Waals surface area contributed by atoms with Gasteiger partial charge in [0, 0.05) is 23.9 Å². The Morgan fingerprint density at radius 2 is 2.14 bits per heavy atom. The lowest BCUT2D eigenvalue weighted by molar-refractivity contribution is -0.139. The van der Waals surface area contributed by atoms with Gasteiger partial charge >= 0.3 is 5.97 Å². The van der Waals surface area contributed by atoms with Crippen molar-refractivity contribution >= 4 is 11.9 Å². The van der Waals surface area contributed by atoms with E-state index in [0.717, 1.165) is 11.1 Å². The number of nitrogens with one attached hydrogen (secondary N) is 2. The van der Waals surface area contributed by atoms with E-state index in [-0.39, 0.29) is 12.3 Å². The van der Waals surface area contributed by atoms with Gasteiger partial charge in [-0.05, 0) is 25.5 Å². The van der Waals surface area contributed by atoms with Crippen LogP contribution in [0.3, 0.4) is 0 Å². The van der Waals surface area contributed by atoms with Gasteiger partial charge in [-0.25, -0.2) is 9.78 Å². The maximum Gasteiger partial charge on any atom is 0.326 e. The predicted octanol–water partition coefficient (Wildman–Crippen LogP) is 1.45. The first-order valence-corrected chi connectivity index (χ1v) is 6.55. The molecule has 0 aliphatic carbocycles. The summed E-state index contributed by atoms with van der Waals surface area (Å²) >= 11 is 0. The van der Waals surface area contributed by atoms with Crippen molar-refractivity contribution in [3.05, 3.63) is 53.1 Å². The van der Waals surface area contributed by atoms with E-state index in [1.54, 1.807) is 12.3 Å². The number of hydrogen-bond acceptors (Lipinski definition) is 3. The quantitative estimate of drug-likeness (QED) is 0.775. The second kappa shape index (κ2) is 6.21. The minimum absolute atomic E-state index is 0.159. The molecule has 2 aromatic rings. The van der Waals surface area contributed by atoms with Crippen LogP contribution in [0.2, 0.25) is 0 Å². The maximum absolute atomic E-state index is 12.2. The van der Waals surface area contributed by atoms with Crippen molar-refractivity contribution in [3.8, 4) is 0 Å². The van der Waals surface area contributed by atoms with Crippen molar-refractivity contribution in [3.63, 3.8) is 0 Å². The normalized spacial score (nSPS) is 11.9. The number of nitrogens with zero attached hydrogens (tertiary/aromatic N) is 1. The van der Waals surface area contributed by atoms with Crippen molar-refractivity contribution in [2.45, 2.75) is 26.3 Å². The number of carboxylic acid groups (broad SMARTS) is 1. The number of H-pyrrole nitrogens is 1. The molecule has 0 spiro atoms. The van der Waals surface area contributed by atoms with Crippen LogP contribution in [0.1, 0.15) is 27.2 Å². The minimum atomic E-state index is -1.08. The third-order valence-corrected chi connectivity index (χ3v) is 3.21. The largest absolute Gasteiger partial charge is 0.480 e. The van der Waals surface area contributed by atoms with Gasteiger partial charge in [-0.3, -0.25) is 4.79 Å². The minimum Gasteiger partial charge on any atom is -0.480 e. The highest BCUT2D eigenvalue weighted by Crippen LogP contribution is 2.11. The van der Waals surface area contributed by atoms with Crippen molar-refractivity contribution in [2.24, 2.45) is 0 Å². The molecule has 0 saturated carbocycles. The third-order valence-electron chi connectivity index (χ3n) is 3.21. The monoisotopic (exact) mass is 287 g/mol. The van der Waals surface area contributed by atoms with Crippen LogP contribution in [0.25, 0.3) is 0 Å². The summed E-state index contributed by atoms with van der Waals surface area (Å²) in [4.78, 5) is 30.2. The standard InChI is InChI=1S/C15H17N3O3/c1-9-3-4-12(10(2)5-9)14(19)18-13(15(20)21)6-11-7-16-8-17-11/h3-5,7-8,13H,6H2,1-2H3,(H,16,17)(H,18,19)(H,20,21). The summed E-state index contributed by atoms with van der Waals surface area (Å²) in [7, 11) is 0. The van der Waals surface area contributed by atoms with Crippen LogP contribution < -0.4 is 5.32 Å². The molecule has 1 aromatic heterocycles. The molecule has 3 N–H and O–H groups in total. The van der Waals surface area contributed by atoms with E-state index < -0.39 is 12.0 Å². The summed E-state index contributed by atoms with van der Waals surface area (Å²) in [6, 6.07) is 4.42. The first-order chi connectivity index (χ1) is 9.97. The average molecular weight is 287 g/mol. The number of rotatable bonds is 5. The molecule has 0 fully saturated rings. The van der Waals surface area contributed by atoms with Gasteiger partial charge in [0.25, 0.3) is 5.91 Å². The van der Waals surface area contributed by atoms with E-state index >= 15 is 0 Å². The lowest BCUT2D eigenvalue weighted by atomic mass is 10.0. The van der Waals surface area contributed by atoms with Gasteiger partial charge in [0.1, 0.15) is 6.04 Å². The molecule has 1 heterocycles. The molecule has 0 bridgehead atoms. The van der Waals surface area contributed by atoms with E-state index in [1.165, 1.54) is 6.33 Å². The van der Waals surface area contributed by atoms with Crippen molar-refractivity contribution in [1.29, 1.82) is 0 Å². The number of hydrogen-bond donors (Lipinski definition) is 3. The highest BCUT2D eigenvalue weighted by Gasteiger charge is 2.22. The van der Waals surface area contributed by atoms with Gasteiger partial charge in [-0.1, -0.05) is 17.7 Å². The summed E-state index contributed by atoms with van der Waals surface area (Å²) in [6.07, 6.45) is 3.17. The van der Waals surface area contributed by atoms with Crippen LogP contribution in [0.15, 0.2) is 30.7 Å². The predicted molar refractivity (Wildman–Crippen MR) is 77.1 cm³/mol. The Morgan fingerprint density at radius 1 is 1.38 bits per heavy atom. The number of carboxylic acids is 1. The first-order valence-electron chi connectivity index (χ1n) is 6.55. The second-order valence-electron chi connectivity index (χ2n) is 4.96. The molecule has 110 valence electrons. The Morgan fingerprint density at radius 3 is 2.71 bits per heavy atom. The number of aliphatic carboxylic acids is 1. The van der Waals surface area contributed by atoms with Crippen LogP contribution in [0.5, 0.6) is 0 Å². The van der Waals surface area contributed by atoms with Crippen molar-refractivity contribution < 1.29 is 14.7 Å². The Bertz CT molecular complexity index is 650. The highest BCUT2D eigenvalue weighted by molar-refractivity contribution is 5.97. The molecule has 6 heteroatoms. The molecule has 0 radical (unpaired) electrons. The van der Waals surface area contributed by atoms with Crippen LogP contribution in [-0.4, -0.2) is 33.0 Å². The fraction of sp³-hybridized carbons (Fsp3) is 0.267. The van der Waals surface area contributed by atoms with Crippen LogP contribution in [0, 0.1) is 13.8 Å². The second-order valence-corrected chi connectivity index (χ2v) is 4.96. The number of aryl methyl sites for hydroxylation is 2. The van der Waals surface area contributed by atoms with Gasteiger partial charge in [0.15, 0.2) is 0 Å². The zero-order valence-electron chi connectivity index (χ0n) is 11.9. The summed E-state index contributed by atoms with van der Waals surface area (Å²) in [5.41, 5.74) is 3.01. The Balaban J connectivity index is 2.12. The number of aromatic nitrogens is 2. The number of carbonyl (C=O) groups is 2. The Kier molecular flexibility index (Phi) is 4.37. The Labute approximate surface area is 122 Å². The van der Waals surface area contributed by atoms with Crippen LogP contribution in [0.4, 0.5) is 0 Å². The smallest absolute Gasteiger partial charge is 0.326 e. The summed E-state index contributed by atoms with van der Waals surface area (Å²) in [5.74, 6) is -1.47. The van der Waals surface area contributed by atoms with E-state index in [4.69, 9.17) is 0 Å². The number of amides is 1. The number of carbonyl (C=O) groups excluding carboxylic acids is 1. The molecular formula is C15H17N3O3. The van der Waals surface area contributed by atoms with Gasteiger partial charge in [-0.15, -0.1) is 0 Å². The van der Waals surface area contributed by atoms with E-state index in [2.05, 4.69) is 15.3 Å². The lowest BCUT2D eigenvalue weighted by Gasteiger charge is -2.15. The van der Waals surface area contributed by atoms with Gasteiger partial charge in [0.05, 0.1) is 6.33 Å². The van der Waals surface area contributed by atoms with E-state index in [0.29, 0.717) is 11.3 Å². The number of benzene rings is 1. The first kappa shape index (κ1) is 14.8. The fourth-order valence-electron chi connectivity index (χ4n) is 2.12. The molecule has 21 heavy (non-hydrogen) atoms. The molecule has 1 atom stereocenters. The highest BCUT2D eigenvalue weighted by atomic mass is 16.4. The number of imidazole rings is 1. The third kappa shape index (κ3) is 3.68. The summed E-state index contributed by atoms with van der Waals surface area (Å²) in [5, 5.41) is 11.8. The van der Waals surface area contributed by atoms with Gasteiger partial charge in [0.2, 0.25) is 0 Å². The molecule has 0 aliphatic rings. The SMILES string of the molecule is Cc1ccc(C(=O)NC(Cc2cnc[nH]2)C(=O)O)c(C)c1.